The molecule has 0 aromatic rings. The first kappa shape index (κ1) is 8.75. The van der Waals surface area contributed by atoms with Gasteiger partial charge >= 0.3 is 0 Å². The molecule has 0 saturated carbocycles. The van der Waals surface area contributed by atoms with Crippen molar-refractivity contribution in [2.45, 2.75) is 18.4 Å². The summed E-state index contributed by atoms with van der Waals surface area (Å²) < 4.78 is 0. The molecule has 1 aliphatic rings. The fraction of sp³-hybridized carbons (Fsp3) is 0.778. The Morgan fingerprint density at radius 1 is 1.64 bits per heavy atom. The van der Waals surface area contributed by atoms with Crippen molar-refractivity contribution in [2.24, 2.45) is 0 Å². The molecule has 11 heavy (non-hydrogen) atoms. The molecule has 0 bridgehead atoms. The topological polar surface area (TPSA) is 15.3 Å². The summed E-state index contributed by atoms with van der Waals surface area (Å²) in [6.07, 6.45) is 4.34. The third-order valence-electron chi connectivity index (χ3n) is 2.50. The van der Waals surface area contributed by atoms with Crippen LogP contribution in [-0.2, 0) is 0 Å². The molecule has 0 unspecified atom stereocenters. The van der Waals surface area contributed by atoms with E-state index >= 15 is 0 Å². The average Bonchev–Trinajstić information content (AvgIpc) is 1.96. The quantitative estimate of drug-likeness (QED) is 0.604. The third-order valence-corrected chi connectivity index (χ3v) is 2.50. The van der Waals surface area contributed by atoms with Gasteiger partial charge in [-0.3, -0.25) is 0 Å². The summed E-state index contributed by atoms with van der Waals surface area (Å²) in [6, 6.07) is 0. The zero-order valence-corrected chi connectivity index (χ0v) is 7.56. The molecule has 1 rings (SSSR count). The van der Waals surface area contributed by atoms with Crippen molar-refractivity contribution in [3.8, 4) is 0 Å². The summed E-state index contributed by atoms with van der Waals surface area (Å²) in [6.45, 7) is 6.09. The molecule has 1 saturated heterocycles. The van der Waals surface area contributed by atoms with Crippen LogP contribution in [-0.4, -0.2) is 37.6 Å². The first-order chi connectivity index (χ1) is 5.22. The predicted octanol–water partition coefficient (Wildman–Crippen LogP) is 0.856. The van der Waals surface area contributed by atoms with Crippen LogP contribution in [0.5, 0.6) is 0 Å². The standard InChI is InChI=1S/C9H18N2/c1-4-5-6-9(10-2)7-11(3)8-9/h4,10H,1,5-8H2,2-3H3. The van der Waals surface area contributed by atoms with Crippen LogP contribution in [0.2, 0.25) is 0 Å². The van der Waals surface area contributed by atoms with Crippen molar-refractivity contribution in [3.63, 3.8) is 0 Å². The summed E-state index contributed by atoms with van der Waals surface area (Å²) in [5, 5.41) is 3.39. The molecule has 0 aliphatic carbocycles. The predicted molar refractivity (Wildman–Crippen MR) is 48.7 cm³/mol. The first-order valence-electron chi connectivity index (χ1n) is 4.21. The van der Waals surface area contributed by atoms with Gasteiger partial charge in [0.1, 0.15) is 0 Å². The normalized spacial score (nSPS) is 22.7. The Morgan fingerprint density at radius 3 is 2.64 bits per heavy atom. The van der Waals surface area contributed by atoms with Gasteiger partial charge in [-0.1, -0.05) is 6.08 Å². The van der Waals surface area contributed by atoms with E-state index in [1.807, 2.05) is 6.08 Å². The summed E-state index contributed by atoms with van der Waals surface area (Å²) in [4.78, 5) is 2.33. The Kier molecular flexibility index (Phi) is 2.68. The van der Waals surface area contributed by atoms with Gasteiger partial charge in [-0.25, -0.2) is 0 Å². The lowest BCUT2D eigenvalue weighted by molar-refractivity contribution is 0.0657. The van der Waals surface area contributed by atoms with Gasteiger partial charge in [0.25, 0.3) is 0 Å². The maximum atomic E-state index is 3.73. The minimum Gasteiger partial charge on any atom is -0.312 e. The summed E-state index contributed by atoms with van der Waals surface area (Å²) in [5.74, 6) is 0. The number of rotatable bonds is 4. The van der Waals surface area contributed by atoms with Gasteiger partial charge in [0.05, 0.1) is 0 Å². The van der Waals surface area contributed by atoms with Crippen LogP contribution in [0, 0.1) is 0 Å². The van der Waals surface area contributed by atoms with E-state index in [4.69, 9.17) is 0 Å². The van der Waals surface area contributed by atoms with Crippen LogP contribution in [0.4, 0.5) is 0 Å². The minimum absolute atomic E-state index is 0.392. The highest BCUT2D eigenvalue weighted by molar-refractivity contribution is 5.01. The van der Waals surface area contributed by atoms with Crippen LogP contribution >= 0.6 is 0 Å². The molecule has 0 amide bonds. The van der Waals surface area contributed by atoms with Gasteiger partial charge in [-0.2, -0.15) is 0 Å². The minimum atomic E-state index is 0.392. The van der Waals surface area contributed by atoms with Gasteiger partial charge in [0, 0.05) is 18.6 Å². The molecule has 0 aromatic carbocycles. The Morgan fingerprint density at radius 2 is 2.27 bits per heavy atom. The molecule has 1 heterocycles. The molecular formula is C9H18N2. The average molecular weight is 154 g/mol. The van der Waals surface area contributed by atoms with Crippen molar-refractivity contribution < 1.29 is 0 Å². The molecule has 0 aromatic heterocycles. The van der Waals surface area contributed by atoms with Gasteiger partial charge in [-0.05, 0) is 26.9 Å². The smallest absolute Gasteiger partial charge is 0.0437 e. The Hall–Kier alpha value is -0.340. The van der Waals surface area contributed by atoms with Crippen LogP contribution in [0.25, 0.3) is 0 Å². The second kappa shape index (κ2) is 3.37. The van der Waals surface area contributed by atoms with E-state index in [2.05, 4.69) is 30.9 Å². The van der Waals surface area contributed by atoms with E-state index in [0.29, 0.717) is 5.54 Å². The molecule has 0 atom stereocenters. The van der Waals surface area contributed by atoms with Crippen LogP contribution in [0.3, 0.4) is 0 Å². The van der Waals surface area contributed by atoms with Gasteiger partial charge < -0.3 is 10.2 Å². The number of allylic oxidation sites excluding steroid dienone is 1. The number of hydrogen-bond donors (Lipinski definition) is 1. The van der Waals surface area contributed by atoms with E-state index in [1.165, 1.54) is 19.5 Å². The number of likely N-dealkylation sites (tertiary alicyclic amines) is 1. The van der Waals surface area contributed by atoms with Crippen LogP contribution in [0.15, 0.2) is 12.7 Å². The number of nitrogens with one attached hydrogen (secondary N) is 1. The fourth-order valence-corrected chi connectivity index (χ4v) is 1.81. The maximum absolute atomic E-state index is 3.73. The first-order valence-corrected chi connectivity index (χ1v) is 4.21. The van der Waals surface area contributed by atoms with E-state index in [1.54, 1.807) is 0 Å². The Labute approximate surface area is 69.3 Å². The molecular weight excluding hydrogens is 136 g/mol. The zero-order chi connectivity index (χ0) is 8.32. The van der Waals surface area contributed by atoms with E-state index in [0.717, 1.165) is 6.42 Å². The lowest BCUT2D eigenvalue weighted by atomic mass is 9.86. The third kappa shape index (κ3) is 1.82. The van der Waals surface area contributed by atoms with Gasteiger partial charge in [0.15, 0.2) is 0 Å². The summed E-state index contributed by atoms with van der Waals surface area (Å²) in [5.41, 5.74) is 0.392. The Bertz CT molecular complexity index is 136. The molecule has 0 radical (unpaired) electrons. The number of nitrogens with zero attached hydrogens (tertiary/aromatic N) is 1. The SMILES string of the molecule is C=CCCC1(NC)CN(C)C1. The van der Waals surface area contributed by atoms with Crippen molar-refractivity contribution in [1.82, 2.24) is 10.2 Å². The second-order valence-electron chi connectivity index (χ2n) is 3.53. The number of likely N-dealkylation sites (N-methyl/N-ethyl adjacent to an activating group) is 2. The molecule has 64 valence electrons. The zero-order valence-electron chi connectivity index (χ0n) is 7.56. The molecule has 1 aliphatic heterocycles. The highest BCUT2D eigenvalue weighted by atomic mass is 15.3. The summed E-state index contributed by atoms with van der Waals surface area (Å²) in [7, 11) is 4.21. The molecule has 2 nitrogen and oxygen atoms in total. The highest BCUT2D eigenvalue weighted by Gasteiger charge is 2.38. The number of hydrogen-bond acceptors (Lipinski definition) is 2. The molecule has 0 spiro atoms. The monoisotopic (exact) mass is 154 g/mol. The molecule has 1 fully saturated rings. The molecule has 1 N–H and O–H groups in total. The van der Waals surface area contributed by atoms with Crippen molar-refractivity contribution >= 4 is 0 Å². The van der Waals surface area contributed by atoms with Crippen molar-refractivity contribution in [3.05, 3.63) is 12.7 Å². The van der Waals surface area contributed by atoms with Gasteiger partial charge in [-0.15, -0.1) is 6.58 Å². The maximum Gasteiger partial charge on any atom is 0.0437 e. The van der Waals surface area contributed by atoms with Gasteiger partial charge in [0.2, 0.25) is 0 Å². The largest absolute Gasteiger partial charge is 0.312 e. The Balaban J connectivity index is 2.31. The fourth-order valence-electron chi connectivity index (χ4n) is 1.81. The van der Waals surface area contributed by atoms with E-state index in [-0.39, 0.29) is 0 Å². The van der Waals surface area contributed by atoms with E-state index in [9.17, 15) is 0 Å². The lowest BCUT2D eigenvalue weighted by Crippen LogP contribution is -2.66. The van der Waals surface area contributed by atoms with Crippen LogP contribution < -0.4 is 5.32 Å². The van der Waals surface area contributed by atoms with Crippen LogP contribution in [0.1, 0.15) is 12.8 Å². The second-order valence-corrected chi connectivity index (χ2v) is 3.53. The van der Waals surface area contributed by atoms with Crippen molar-refractivity contribution in [2.75, 3.05) is 27.2 Å². The van der Waals surface area contributed by atoms with E-state index < -0.39 is 0 Å². The summed E-state index contributed by atoms with van der Waals surface area (Å²) >= 11 is 0. The molecule has 2 heteroatoms. The lowest BCUT2D eigenvalue weighted by Gasteiger charge is -2.48. The highest BCUT2D eigenvalue weighted by Crippen LogP contribution is 2.23. The van der Waals surface area contributed by atoms with Crippen molar-refractivity contribution in [1.29, 1.82) is 0 Å².